The Balaban J connectivity index is 1.60. The highest BCUT2D eigenvalue weighted by Gasteiger charge is 2.35. The molecule has 1 fully saturated rings. The van der Waals surface area contributed by atoms with E-state index >= 15 is 0 Å². The minimum atomic E-state index is -1.01. The number of benzene rings is 1. The number of pyridine rings is 1. The lowest BCUT2D eigenvalue weighted by atomic mass is 9.95. The van der Waals surface area contributed by atoms with Crippen LogP contribution in [0, 0.1) is 5.92 Å². The topological polar surface area (TPSA) is 146 Å². The summed E-state index contributed by atoms with van der Waals surface area (Å²) in [4.78, 5) is 63.3. The van der Waals surface area contributed by atoms with Gasteiger partial charge in [0, 0.05) is 54.9 Å². The molecule has 2 heterocycles. The Morgan fingerprint density at radius 3 is 2.41 bits per heavy atom. The molecule has 1 aromatic carbocycles. The molecule has 4 amide bonds. The van der Waals surface area contributed by atoms with Gasteiger partial charge in [-0.05, 0) is 55.9 Å². The molecule has 11 heteroatoms. The molecule has 0 saturated heterocycles. The summed E-state index contributed by atoms with van der Waals surface area (Å²) < 4.78 is 5.29. The fourth-order valence-corrected chi connectivity index (χ4v) is 6.07. The Morgan fingerprint density at radius 1 is 0.978 bits per heavy atom. The fourth-order valence-electron chi connectivity index (χ4n) is 6.07. The summed E-state index contributed by atoms with van der Waals surface area (Å²) in [6, 6.07) is 9.95. The molecular formula is C35H48N6O5. The van der Waals surface area contributed by atoms with Crippen molar-refractivity contribution in [3.63, 3.8) is 0 Å². The second-order valence-electron chi connectivity index (χ2n) is 12.5. The van der Waals surface area contributed by atoms with Gasteiger partial charge < -0.3 is 30.6 Å². The summed E-state index contributed by atoms with van der Waals surface area (Å²) >= 11 is 0. The number of urea groups is 1. The third kappa shape index (κ3) is 9.55. The number of carbonyl (C=O) groups excluding carboxylic acids is 4. The van der Waals surface area contributed by atoms with Gasteiger partial charge in [-0.1, -0.05) is 57.4 Å². The number of nitrogens with one attached hydrogen (secondary N) is 4. The summed E-state index contributed by atoms with van der Waals surface area (Å²) in [6.07, 6.45) is 9.30. The van der Waals surface area contributed by atoms with E-state index in [0.29, 0.717) is 12.1 Å². The van der Waals surface area contributed by atoms with Crippen molar-refractivity contribution in [3.8, 4) is 0 Å². The van der Waals surface area contributed by atoms with Gasteiger partial charge in [0.2, 0.25) is 11.8 Å². The summed E-state index contributed by atoms with van der Waals surface area (Å²) in [5.41, 5.74) is 2.36. The van der Waals surface area contributed by atoms with Crippen molar-refractivity contribution in [2.75, 3.05) is 13.7 Å². The number of hydrogen-bond acceptors (Lipinski definition) is 6. The molecule has 4 rings (SSSR count). The van der Waals surface area contributed by atoms with E-state index in [0.717, 1.165) is 48.6 Å². The average molecular weight is 633 g/mol. The van der Waals surface area contributed by atoms with E-state index in [1.807, 2.05) is 50.4 Å². The van der Waals surface area contributed by atoms with Crippen molar-refractivity contribution in [2.45, 2.75) is 96.3 Å². The quantitative estimate of drug-likeness (QED) is 0.195. The first-order valence-electron chi connectivity index (χ1n) is 16.4. The van der Waals surface area contributed by atoms with Gasteiger partial charge in [0.05, 0.1) is 6.61 Å². The van der Waals surface area contributed by atoms with Crippen LogP contribution >= 0.6 is 0 Å². The van der Waals surface area contributed by atoms with Crippen molar-refractivity contribution in [1.29, 1.82) is 0 Å². The number of likely N-dealkylation sites (N-methyl/N-ethyl adjacent to an activating group) is 1. The number of fused-ring (bicyclic) bond motifs is 1. The van der Waals surface area contributed by atoms with Crippen LogP contribution in [0.2, 0.25) is 0 Å². The third-order valence-electron chi connectivity index (χ3n) is 8.48. The van der Waals surface area contributed by atoms with Gasteiger partial charge in [-0.25, -0.2) is 9.59 Å². The molecule has 11 nitrogen and oxygen atoms in total. The van der Waals surface area contributed by atoms with Crippen molar-refractivity contribution < 1.29 is 23.9 Å². The lowest BCUT2D eigenvalue weighted by Crippen LogP contribution is -2.58. The molecule has 1 aliphatic rings. The zero-order chi connectivity index (χ0) is 33.1. The smallest absolute Gasteiger partial charge is 0.329 e. The predicted octanol–water partition coefficient (Wildman–Crippen LogP) is 4.27. The first-order chi connectivity index (χ1) is 22.2. The van der Waals surface area contributed by atoms with Gasteiger partial charge in [-0.2, -0.15) is 0 Å². The maximum Gasteiger partial charge on any atom is 0.329 e. The van der Waals surface area contributed by atoms with Crippen LogP contribution in [0.3, 0.4) is 0 Å². The Hall–Kier alpha value is -4.41. The standard InChI is InChI=1S/C35H48N6O5/c1-5-46-34(44)30(21-26-15-11-12-18-36-26)39-32(42)31(20-24-22-37-28-17-10-9-16-27(24)28)41(4)33(43)29(19-23(2)3)40-35(45)38-25-13-7-6-8-14-25/h9-12,15-18,22-23,25,29-31,37H,5-8,13-14,19-21H2,1-4H3,(H,39,42)(H2,38,40,45). The van der Waals surface area contributed by atoms with Crippen molar-refractivity contribution in [3.05, 3.63) is 66.1 Å². The summed E-state index contributed by atoms with van der Waals surface area (Å²) in [5.74, 6) is -1.38. The number of hydrogen-bond donors (Lipinski definition) is 4. The Bertz CT molecular complexity index is 1450. The average Bonchev–Trinajstić information content (AvgIpc) is 3.46. The first-order valence-corrected chi connectivity index (χ1v) is 16.4. The Kier molecular flexibility index (Phi) is 12.6. The van der Waals surface area contributed by atoms with Crippen LogP contribution in [0.4, 0.5) is 4.79 Å². The number of rotatable bonds is 14. The number of aromatic nitrogens is 2. The number of esters is 1. The SMILES string of the molecule is CCOC(=O)C(Cc1ccccn1)NC(=O)C(Cc1c[nH]c2ccccc12)N(C)C(=O)C(CC(C)C)NC(=O)NC1CCCCC1. The van der Waals surface area contributed by atoms with E-state index in [1.54, 1.807) is 32.3 Å². The summed E-state index contributed by atoms with van der Waals surface area (Å²) in [5, 5.41) is 9.74. The van der Waals surface area contributed by atoms with Gasteiger partial charge in [-0.15, -0.1) is 0 Å². The van der Waals surface area contributed by atoms with E-state index in [9.17, 15) is 19.2 Å². The molecule has 0 spiro atoms. The highest BCUT2D eigenvalue weighted by Crippen LogP contribution is 2.22. The highest BCUT2D eigenvalue weighted by molar-refractivity contribution is 5.94. The van der Waals surface area contributed by atoms with Crippen LogP contribution < -0.4 is 16.0 Å². The lowest BCUT2D eigenvalue weighted by molar-refractivity contribution is -0.148. The van der Waals surface area contributed by atoms with Gasteiger partial charge in [-0.3, -0.25) is 14.6 Å². The number of amides is 4. The van der Waals surface area contributed by atoms with Crippen LogP contribution in [-0.2, 0) is 32.0 Å². The van der Waals surface area contributed by atoms with Crippen LogP contribution in [0.15, 0.2) is 54.9 Å². The number of nitrogens with zero attached hydrogens (tertiary/aromatic N) is 2. The van der Waals surface area contributed by atoms with Crippen molar-refractivity contribution in [1.82, 2.24) is 30.8 Å². The number of carbonyl (C=O) groups is 4. The normalized spacial score (nSPS) is 15.5. The molecule has 0 aliphatic heterocycles. The molecule has 3 unspecified atom stereocenters. The number of para-hydroxylation sites is 1. The molecule has 2 aromatic heterocycles. The van der Waals surface area contributed by atoms with E-state index in [-0.39, 0.29) is 43.3 Å². The second-order valence-corrected chi connectivity index (χ2v) is 12.5. The molecule has 0 radical (unpaired) electrons. The van der Waals surface area contributed by atoms with E-state index in [2.05, 4.69) is 25.9 Å². The number of ether oxygens (including phenoxy) is 1. The lowest BCUT2D eigenvalue weighted by Gasteiger charge is -2.33. The molecular weight excluding hydrogens is 584 g/mol. The molecule has 248 valence electrons. The van der Waals surface area contributed by atoms with Gasteiger partial charge in [0.25, 0.3) is 0 Å². The van der Waals surface area contributed by atoms with Gasteiger partial charge in [0.1, 0.15) is 18.1 Å². The molecule has 1 aliphatic carbocycles. The fraction of sp³-hybridized carbons (Fsp3) is 0.514. The summed E-state index contributed by atoms with van der Waals surface area (Å²) in [6.45, 7) is 5.82. The molecule has 1 saturated carbocycles. The van der Waals surface area contributed by atoms with Gasteiger partial charge >= 0.3 is 12.0 Å². The highest BCUT2D eigenvalue weighted by atomic mass is 16.5. The molecule has 3 aromatic rings. The summed E-state index contributed by atoms with van der Waals surface area (Å²) in [7, 11) is 1.58. The van der Waals surface area contributed by atoms with Crippen LogP contribution in [0.5, 0.6) is 0 Å². The Labute approximate surface area is 271 Å². The Morgan fingerprint density at radius 2 is 1.72 bits per heavy atom. The first kappa shape index (κ1) is 34.5. The minimum Gasteiger partial charge on any atom is -0.464 e. The zero-order valence-electron chi connectivity index (χ0n) is 27.4. The molecule has 3 atom stereocenters. The third-order valence-corrected chi connectivity index (χ3v) is 8.48. The van der Waals surface area contributed by atoms with E-state index in [4.69, 9.17) is 4.74 Å². The van der Waals surface area contributed by atoms with E-state index < -0.39 is 30.0 Å². The van der Waals surface area contributed by atoms with Crippen LogP contribution in [0.25, 0.3) is 10.9 Å². The molecule has 0 bridgehead atoms. The van der Waals surface area contributed by atoms with Crippen molar-refractivity contribution >= 4 is 34.7 Å². The van der Waals surface area contributed by atoms with E-state index in [1.165, 1.54) is 4.90 Å². The predicted molar refractivity (Wildman–Crippen MR) is 177 cm³/mol. The number of H-pyrrole nitrogens is 1. The maximum absolute atomic E-state index is 14.2. The number of aromatic amines is 1. The van der Waals surface area contributed by atoms with Crippen LogP contribution in [0.1, 0.15) is 70.6 Å². The van der Waals surface area contributed by atoms with Gasteiger partial charge in [0.15, 0.2) is 0 Å². The maximum atomic E-state index is 14.2. The zero-order valence-corrected chi connectivity index (χ0v) is 27.4. The second kappa shape index (κ2) is 16.8. The largest absolute Gasteiger partial charge is 0.464 e. The molecule has 46 heavy (non-hydrogen) atoms. The van der Waals surface area contributed by atoms with Crippen LogP contribution in [-0.4, -0.2) is 76.5 Å². The minimum absolute atomic E-state index is 0.0839. The monoisotopic (exact) mass is 632 g/mol. The molecule has 4 N–H and O–H groups in total. The van der Waals surface area contributed by atoms with Crippen molar-refractivity contribution in [2.24, 2.45) is 5.92 Å².